The van der Waals surface area contributed by atoms with E-state index in [1.54, 1.807) is 4.68 Å². The fourth-order valence-electron chi connectivity index (χ4n) is 1.70. The molecule has 15 heavy (non-hydrogen) atoms. The van der Waals surface area contributed by atoms with Crippen molar-refractivity contribution < 1.29 is 0 Å². The van der Waals surface area contributed by atoms with Crippen molar-refractivity contribution in [2.24, 2.45) is 18.7 Å². The van der Waals surface area contributed by atoms with Crippen LogP contribution >= 0.6 is 0 Å². The first-order chi connectivity index (χ1) is 7.20. The minimum Gasteiger partial charge on any atom is -0.330 e. The molecule has 0 amide bonds. The van der Waals surface area contributed by atoms with Crippen LogP contribution in [0.5, 0.6) is 0 Å². The average Bonchev–Trinajstić information content (AvgIpc) is 2.60. The molecule has 0 bridgehead atoms. The van der Waals surface area contributed by atoms with Gasteiger partial charge in [-0.2, -0.15) is 0 Å². The molecule has 0 saturated carbocycles. The summed E-state index contributed by atoms with van der Waals surface area (Å²) in [6.45, 7) is 2.87. The van der Waals surface area contributed by atoms with E-state index in [2.05, 4.69) is 35.4 Å². The lowest BCUT2D eigenvalue weighted by molar-refractivity contribution is 0.593. The second-order valence-corrected chi connectivity index (χ2v) is 4.08. The Morgan fingerprint density at radius 3 is 3.00 bits per heavy atom. The van der Waals surface area contributed by atoms with Crippen molar-refractivity contribution in [3.63, 3.8) is 0 Å². The highest BCUT2D eigenvalue weighted by Crippen LogP contribution is 2.15. The number of nitrogens with zero attached hydrogens (tertiary/aromatic N) is 3. The first kappa shape index (κ1) is 10.1. The van der Waals surface area contributed by atoms with E-state index in [9.17, 15) is 0 Å². The molecule has 1 unspecified atom stereocenters. The fraction of sp³-hybridized carbons (Fsp3) is 0.455. The van der Waals surface area contributed by atoms with Crippen molar-refractivity contribution >= 4 is 11.0 Å². The number of hydrogen-bond donors (Lipinski definition) is 1. The molecule has 4 nitrogen and oxygen atoms in total. The molecule has 0 aliphatic rings. The van der Waals surface area contributed by atoms with Gasteiger partial charge in [0.2, 0.25) is 0 Å². The molecular weight excluding hydrogens is 188 g/mol. The molecule has 1 aromatic heterocycles. The van der Waals surface area contributed by atoms with Gasteiger partial charge >= 0.3 is 0 Å². The fourth-order valence-corrected chi connectivity index (χ4v) is 1.70. The summed E-state index contributed by atoms with van der Waals surface area (Å²) in [7, 11) is 1.90. The van der Waals surface area contributed by atoms with Crippen LogP contribution in [0.4, 0.5) is 0 Å². The van der Waals surface area contributed by atoms with Gasteiger partial charge in [0.25, 0.3) is 0 Å². The summed E-state index contributed by atoms with van der Waals surface area (Å²) >= 11 is 0. The molecule has 0 fully saturated rings. The maximum absolute atomic E-state index is 5.60. The lowest BCUT2D eigenvalue weighted by Gasteiger charge is -2.07. The van der Waals surface area contributed by atoms with E-state index in [1.807, 2.05) is 7.05 Å². The van der Waals surface area contributed by atoms with E-state index in [0.717, 1.165) is 24.0 Å². The van der Waals surface area contributed by atoms with Crippen LogP contribution in [0.1, 0.15) is 12.5 Å². The van der Waals surface area contributed by atoms with Crippen LogP contribution in [0.15, 0.2) is 18.2 Å². The van der Waals surface area contributed by atoms with Gasteiger partial charge in [-0.05, 0) is 36.6 Å². The van der Waals surface area contributed by atoms with E-state index in [-0.39, 0.29) is 0 Å². The van der Waals surface area contributed by atoms with Crippen LogP contribution in [-0.2, 0) is 13.5 Å². The number of aromatic nitrogens is 3. The first-order valence-electron chi connectivity index (χ1n) is 5.19. The normalized spacial score (nSPS) is 13.3. The lowest BCUT2D eigenvalue weighted by Crippen LogP contribution is -2.12. The Bertz CT molecular complexity index is 461. The van der Waals surface area contributed by atoms with Crippen molar-refractivity contribution in [2.75, 3.05) is 6.54 Å². The Morgan fingerprint density at radius 2 is 2.27 bits per heavy atom. The van der Waals surface area contributed by atoms with Gasteiger partial charge in [0.1, 0.15) is 5.52 Å². The average molecular weight is 204 g/mol. The maximum atomic E-state index is 5.60. The van der Waals surface area contributed by atoms with Crippen LogP contribution in [0.2, 0.25) is 0 Å². The molecule has 4 heteroatoms. The molecule has 0 saturated heterocycles. The molecule has 1 atom stereocenters. The Kier molecular flexibility index (Phi) is 2.68. The van der Waals surface area contributed by atoms with Gasteiger partial charge in [0.05, 0.1) is 5.52 Å². The predicted molar refractivity (Wildman–Crippen MR) is 60.4 cm³/mol. The zero-order valence-electron chi connectivity index (χ0n) is 9.14. The quantitative estimate of drug-likeness (QED) is 0.814. The Balaban J connectivity index is 2.31. The summed E-state index contributed by atoms with van der Waals surface area (Å²) in [5.41, 5.74) is 8.91. The standard InChI is InChI=1S/C11H16N4/c1-8(7-12)5-9-3-4-11-10(6-9)13-14-15(11)2/h3-4,6,8H,5,7,12H2,1-2H3. The number of benzene rings is 1. The van der Waals surface area contributed by atoms with Crippen LogP contribution in [-0.4, -0.2) is 21.5 Å². The minimum absolute atomic E-state index is 0.513. The predicted octanol–water partition coefficient (Wildman–Crippen LogP) is 1.11. The SMILES string of the molecule is CC(CN)Cc1ccc2c(c1)nnn2C. The molecule has 80 valence electrons. The Hall–Kier alpha value is -1.42. The molecule has 2 N–H and O–H groups in total. The number of fused-ring (bicyclic) bond motifs is 1. The summed E-state index contributed by atoms with van der Waals surface area (Å²) in [6, 6.07) is 6.28. The molecule has 1 heterocycles. The number of hydrogen-bond acceptors (Lipinski definition) is 3. The smallest absolute Gasteiger partial charge is 0.113 e. The molecule has 0 spiro atoms. The number of nitrogens with two attached hydrogens (primary N) is 1. The third-order valence-corrected chi connectivity index (χ3v) is 2.66. The van der Waals surface area contributed by atoms with Crippen molar-refractivity contribution in [1.82, 2.24) is 15.0 Å². The summed E-state index contributed by atoms with van der Waals surface area (Å²) < 4.78 is 1.78. The largest absolute Gasteiger partial charge is 0.330 e. The highest BCUT2D eigenvalue weighted by atomic mass is 15.4. The summed E-state index contributed by atoms with van der Waals surface area (Å²) in [5, 5.41) is 8.07. The van der Waals surface area contributed by atoms with Crippen LogP contribution in [0.3, 0.4) is 0 Å². The van der Waals surface area contributed by atoms with Gasteiger partial charge in [0.15, 0.2) is 0 Å². The van der Waals surface area contributed by atoms with E-state index < -0.39 is 0 Å². The summed E-state index contributed by atoms with van der Waals surface area (Å²) in [5.74, 6) is 0.513. The van der Waals surface area contributed by atoms with E-state index in [0.29, 0.717) is 5.92 Å². The van der Waals surface area contributed by atoms with Crippen molar-refractivity contribution in [1.29, 1.82) is 0 Å². The molecule has 0 aliphatic carbocycles. The lowest BCUT2D eigenvalue weighted by atomic mass is 10.0. The van der Waals surface area contributed by atoms with Crippen molar-refractivity contribution in [2.45, 2.75) is 13.3 Å². The van der Waals surface area contributed by atoms with Crippen LogP contribution in [0, 0.1) is 5.92 Å². The van der Waals surface area contributed by atoms with Gasteiger partial charge in [-0.15, -0.1) is 5.10 Å². The topological polar surface area (TPSA) is 56.7 Å². The van der Waals surface area contributed by atoms with E-state index in [4.69, 9.17) is 5.73 Å². The molecule has 2 rings (SSSR count). The minimum atomic E-state index is 0.513. The highest BCUT2D eigenvalue weighted by molar-refractivity contribution is 5.74. The second-order valence-electron chi connectivity index (χ2n) is 4.08. The van der Waals surface area contributed by atoms with Crippen molar-refractivity contribution in [3.05, 3.63) is 23.8 Å². The molecular formula is C11H16N4. The highest BCUT2D eigenvalue weighted by Gasteiger charge is 2.05. The van der Waals surface area contributed by atoms with Gasteiger partial charge in [-0.3, -0.25) is 0 Å². The number of aryl methyl sites for hydroxylation is 1. The third-order valence-electron chi connectivity index (χ3n) is 2.66. The van der Waals surface area contributed by atoms with Gasteiger partial charge in [-0.1, -0.05) is 18.2 Å². The zero-order chi connectivity index (χ0) is 10.8. The molecule has 0 radical (unpaired) electrons. The van der Waals surface area contributed by atoms with Crippen LogP contribution < -0.4 is 5.73 Å². The third kappa shape index (κ3) is 1.99. The van der Waals surface area contributed by atoms with E-state index >= 15 is 0 Å². The zero-order valence-corrected chi connectivity index (χ0v) is 9.14. The van der Waals surface area contributed by atoms with Crippen LogP contribution in [0.25, 0.3) is 11.0 Å². The number of rotatable bonds is 3. The monoisotopic (exact) mass is 204 g/mol. The first-order valence-corrected chi connectivity index (χ1v) is 5.19. The van der Waals surface area contributed by atoms with Gasteiger partial charge in [0, 0.05) is 7.05 Å². The van der Waals surface area contributed by atoms with Gasteiger partial charge < -0.3 is 5.73 Å². The molecule has 2 aromatic rings. The molecule has 1 aromatic carbocycles. The Morgan fingerprint density at radius 1 is 1.47 bits per heavy atom. The van der Waals surface area contributed by atoms with Gasteiger partial charge in [-0.25, -0.2) is 4.68 Å². The molecule has 0 aliphatic heterocycles. The second kappa shape index (κ2) is 3.98. The van der Waals surface area contributed by atoms with E-state index in [1.165, 1.54) is 5.56 Å². The maximum Gasteiger partial charge on any atom is 0.113 e. The van der Waals surface area contributed by atoms with Crippen molar-refractivity contribution in [3.8, 4) is 0 Å². The summed E-state index contributed by atoms with van der Waals surface area (Å²) in [6.07, 6.45) is 1.00. The summed E-state index contributed by atoms with van der Waals surface area (Å²) in [4.78, 5) is 0. The Labute approximate surface area is 89.1 Å².